The molecule has 0 atom stereocenters. The number of nitro groups is 1. The van der Waals surface area contributed by atoms with Gasteiger partial charge in [-0.1, -0.05) is 17.7 Å². The van der Waals surface area contributed by atoms with Crippen molar-refractivity contribution >= 4 is 23.0 Å². The molecule has 94 valence electrons. The highest BCUT2D eigenvalue weighted by molar-refractivity contribution is 6.33. The Balaban J connectivity index is 3.29. The van der Waals surface area contributed by atoms with Gasteiger partial charge in [-0.3, -0.25) is 10.1 Å². The lowest BCUT2D eigenvalue weighted by Crippen LogP contribution is -2.34. The molecule has 0 unspecified atom stereocenters. The normalized spacial score (nSPS) is 10.6. The second kappa shape index (κ2) is 5.84. The van der Waals surface area contributed by atoms with Gasteiger partial charge in [0.1, 0.15) is 5.69 Å². The fourth-order valence-corrected chi connectivity index (χ4v) is 1.95. The van der Waals surface area contributed by atoms with Gasteiger partial charge in [-0.05, 0) is 19.9 Å². The summed E-state index contributed by atoms with van der Waals surface area (Å²) in [6, 6.07) is 4.58. The Labute approximate surface area is 105 Å². The van der Waals surface area contributed by atoms with Gasteiger partial charge in [0, 0.05) is 18.7 Å². The summed E-state index contributed by atoms with van der Waals surface area (Å²) < 4.78 is 0. The third-order valence-corrected chi connectivity index (χ3v) is 2.72. The number of nitrogens with zero attached hydrogens (tertiary/aromatic N) is 2. The molecule has 1 aromatic carbocycles. The molecule has 0 fully saturated rings. The van der Waals surface area contributed by atoms with Gasteiger partial charge in [-0.15, -0.1) is 0 Å². The van der Waals surface area contributed by atoms with Crippen molar-refractivity contribution in [3.05, 3.63) is 33.3 Å². The van der Waals surface area contributed by atoms with Crippen molar-refractivity contribution in [2.45, 2.75) is 19.9 Å². The predicted molar refractivity (Wildman–Crippen MR) is 67.7 cm³/mol. The van der Waals surface area contributed by atoms with E-state index in [9.17, 15) is 10.1 Å². The lowest BCUT2D eigenvalue weighted by Gasteiger charge is -2.28. The average Bonchev–Trinajstić information content (AvgIpc) is 2.25. The van der Waals surface area contributed by atoms with Gasteiger partial charge < -0.3 is 10.0 Å². The zero-order chi connectivity index (χ0) is 13.0. The van der Waals surface area contributed by atoms with Crippen molar-refractivity contribution in [3.8, 4) is 0 Å². The molecule has 0 bridgehead atoms. The first-order valence-electron chi connectivity index (χ1n) is 5.29. The molecule has 0 amide bonds. The highest BCUT2D eigenvalue weighted by Crippen LogP contribution is 2.36. The minimum absolute atomic E-state index is 0.0146. The smallest absolute Gasteiger partial charge is 0.294 e. The maximum absolute atomic E-state index is 11.0. The third-order valence-electron chi connectivity index (χ3n) is 2.41. The fraction of sp³-hybridized carbons (Fsp3) is 0.455. The topological polar surface area (TPSA) is 66.6 Å². The van der Waals surface area contributed by atoms with Crippen LogP contribution in [-0.2, 0) is 0 Å². The van der Waals surface area contributed by atoms with Crippen molar-refractivity contribution in [2.24, 2.45) is 0 Å². The van der Waals surface area contributed by atoms with Crippen LogP contribution in [-0.4, -0.2) is 29.2 Å². The Morgan fingerprint density at radius 2 is 2.18 bits per heavy atom. The maximum atomic E-state index is 11.0. The van der Waals surface area contributed by atoms with Gasteiger partial charge >= 0.3 is 0 Å². The summed E-state index contributed by atoms with van der Waals surface area (Å²) >= 11 is 6.02. The number of hydrogen-bond acceptors (Lipinski definition) is 4. The van der Waals surface area contributed by atoms with Crippen LogP contribution >= 0.6 is 11.6 Å². The number of aliphatic hydroxyl groups excluding tert-OH is 1. The standard InChI is InChI=1S/C11H15ClN2O3/c1-8(2)13(6-7-15)11-9(12)4-3-5-10(11)14(16)17/h3-5,8,15H,6-7H2,1-2H3. The van der Waals surface area contributed by atoms with Crippen LogP contribution < -0.4 is 4.90 Å². The summed E-state index contributed by atoms with van der Waals surface area (Å²) in [6.45, 7) is 4.01. The zero-order valence-corrected chi connectivity index (χ0v) is 10.5. The first-order valence-corrected chi connectivity index (χ1v) is 5.67. The molecular weight excluding hydrogens is 244 g/mol. The minimum atomic E-state index is -0.464. The van der Waals surface area contributed by atoms with Crippen molar-refractivity contribution < 1.29 is 10.0 Å². The van der Waals surface area contributed by atoms with Gasteiger partial charge in [-0.2, -0.15) is 0 Å². The van der Waals surface area contributed by atoms with Crippen LogP contribution in [0.5, 0.6) is 0 Å². The van der Waals surface area contributed by atoms with Crippen LogP contribution in [0.25, 0.3) is 0 Å². The third kappa shape index (κ3) is 3.08. The minimum Gasteiger partial charge on any atom is -0.395 e. The number of benzene rings is 1. The molecule has 0 spiro atoms. The number of aliphatic hydroxyl groups is 1. The van der Waals surface area contributed by atoms with Crippen LogP contribution in [0.2, 0.25) is 5.02 Å². The number of nitro benzene ring substituents is 1. The zero-order valence-electron chi connectivity index (χ0n) is 9.76. The van der Waals surface area contributed by atoms with Crippen LogP contribution in [0.3, 0.4) is 0 Å². The molecule has 0 saturated carbocycles. The number of para-hydroxylation sites is 1. The van der Waals surface area contributed by atoms with Gasteiger partial charge in [0.25, 0.3) is 5.69 Å². The van der Waals surface area contributed by atoms with E-state index in [1.807, 2.05) is 13.8 Å². The van der Waals surface area contributed by atoms with E-state index in [0.717, 1.165) is 0 Å². The summed E-state index contributed by atoms with van der Waals surface area (Å²) in [4.78, 5) is 12.2. The predicted octanol–water partition coefficient (Wildman–Crippen LogP) is 2.46. The highest BCUT2D eigenvalue weighted by Gasteiger charge is 2.23. The van der Waals surface area contributed by atoms with Crippen LogP contribution in [0, 0.1) is 10.1 Å². The Kier molecular flexibility index (Phi) is 4.72. The van der Waals surface area contributed by atoms with Gasteiger partial charge in [-0.25, -0.2) is 0 Å². The quantitative estimate of drug-likeness (QED) is 0.651. The van der Waals surface area contributed by atoms with E-state index < -0.39 is 4.92 Å². The van der Waals surface area contributed by atoms with Crippen molar-refractivity contribution in [1.29, 1.82) is 0 Å². The molecule has 1 aromatic rings. The maximum Gasteiger partial charge on any atom is 0.294 e. The molecule has 6 heteroatoms. The number of anilines is 1. The molecule has 0 aliphatic rings. The second-order valence-electron chi connectivity index (χ2n) is 3.88. The van der Waals surface area contributed by atoms with E-state index >= 15 is 0 Å². The molecule has 0 saturated heterocycles. The molecule has 0 aromatic heterocycles. The molecule has 0 aliphatic heterocycles. The summed E-state index contributed by atoms with van der Waals surface area (Å²) in [5, 5.41) is 20.3. The Morgan fingerprint density at radius 1 is 1.53 bits per heavy atom. The molecule has 5 nitrogen and oxygen atoms in total. The molecule has 0 heterocycles. The van der Waals surface area contributed by atoms with Crippen molar-refractivity contribution in [3.63, 3.8) is 0 Å². The van der Waals surface area contributed by atoms with Crippen LogP contribution in [0.1, 0.15) is 13.8 Å². The van der Waals surface area contributed by atoms with E-state index in [-0.39, 0.29) is 18.3 Å². The largest absolute Gasteiger partial charge is 0.395 e. The van der Waals surface area contributed by atoms with E-state index in [1.54, 1.807) is 17.0 Å². The van der Waals surface area contributed by atoms with Crippen molar-refractivity contribution in [1.82, 2.24) is 0 Å². The fourth-order valence-electron chi connectivity index (χ4n) is 1.67. The molecule has 17 heavy (non-hydrogen) atoms. The Hall–Kier alpha value is -1.33. The first-order chi connectivity index (χ1) is 7.99. The second-order valence-corrected chi connectivity index (χ2v) is 4.28. The lowest BCUT2D eigenvalue weighted by molar-refractivity contribution is -0.384. The lowest BCUT2D eigenvalue weighted by atomic mass is 10.2. The van der Waals surface area contributed by atoms with Gasteiger partial charge in [0.15, 0.2) is 0 Å². The Bertz CT molecular complexity index is 410. The Morgan fingerprint density at radius 3 is 2.65 bits per heavy atom. The highest BCUT2D eigenvalue weighted by atomic mass is 35.5. The first kappa shape index (κ1) is 13.7. The SMILES string of the molecule is CC(C)N(CCO)c1c(Cl)cccc1[N+](=O)[O-]. The van der Waals surface area contributed by atoms with E-state index in [2.05, 4.69) is 0 Å². The monoisotopic (exact) mass is 258 g/mol. The molecule has 0 radical (unpaired) electrons. The van der Waals surface area contributed by atoms with Gasteiger partial charge in [0.2, 0.25) is 0 Å². The molecule has 1 N–H and O–H groups in total. The number of hydrogen-bond donors (Lipinski definition) is 1. The number of halogens is 1. The van der Waals surface area contributed by atoms with E-state index in [4.69, 9.17) is 16.7 Å². The van der Waals surface area contributed by atoms with Gasteiger partial charge in [0.05, 0.1) is 16.6 Å². The number of rotatable bonds is 5. The molecule has 1 rings (SSSR count). The van der Waals surface area contributed by atoms with Crippen molar-refractivity contribution in [2.75, 3.05) is 18.1 Å². The van der Waals surface area contributed by atoms with E-state index in [1.165, 1.54) is 6.07 Å². The molecule has 0 aliphatic carbocycles. The van der Waals surface area contributed by atoms with E-state index in [0.29, 0.717) is 17.3 Å². The summed E-state index contributed by atoms with van der Waals surface area (Å²) in [7, 11) is 0. The van der Waals surface area contributed by atoms with Crippen LogP contribution in [0.4, 0.5) is 11.4 Å². The summed E-state index contributed by atoms with van der Waals surface area (Å²) in [6.07, 6.45) is 0. The molecular formula is C11H15ClN2O3. The summed E-state index contributed by atoms with van der Waals surface area (Å²) in [5.41, 5.74) is 0.322. The average molecular weight is 259 g/mol. The summed E-state index contributed by atoms with van der Waals surface area (Å²) in [5.74, 6) is 0. The van der Waals surface area contributed by atoms with Crippen LogP contribution in [0.15, 0.2) is 18.2 Å².